The lowest BCUT2D eigenvalue weighted by molar-refractivity contribution is -0.384. The molecule has 1 fully saturated rings. The zero-order valence-electron chi connectivity index (χ0n) is 10.5. The van der Waals surface area contributed by atoms with Crippen molar-refractivity contribution in [3.05, 3.63) is 20.5 Å². The number of hydrogen-bond donors (Lipinski definition) is 2. The third-order valence-electron chi connectivity index (χ3n) is 3.07. The lowest BCUT2D eigenvalue weighted by Gasteiger charge is -2.22. The van der Waals surface area contributed by atoms with Gasteiger partial charge in [0.25, 0.3) is 5.69 Å². The topological polar surface area (TPSA) is 101 Å². The summed E-state index contributed by atoms with van der Waals surface area (Å²) in [5.74, 6) is 0.240. The summed E-state index contributed by atoms with van der Waals surface area (Å²) in [5, 5.41) is 13.9. The molecular formula is C10H14ClN3O4S2. The van der Waals surface area contributed by atoms with Crippen LogP contribution >= 0.6 is 22.9 Å². The summed E-state index contributed by atoms with van der Waals surface area (Å²) in [7, 11) is -3.74. The quantitative estimate of drug-likeness (QED) is 0.626. The van der Waals surface area contributed by atoms with Gasteiger partial charge in [-0.15, -0.1) is 11.3 Å². The van der Waals surface area contributed by atoms with Crippen LogP contribution in [0.15, 0.2) is 10.3 Å². The Morgan fingerprint density at radius 3 is 2.90 bits per heavy atom. The van der Waals surface area contributed by atoms with E-state index in [4.69, 9.17) is 11.6 Å². The number of rotatable bonds is 5. The van der Waals surface area contributed by atoms with Crippen molar-refractivity contribution in [3.8, 4) is 0 Å². The molecule has 0 saturated carbocycles. The third-order valence-corrected chi connectivity index (χ3v) is 6.30. The number of nitro groups is 1. The number of sulfonamides is 1. The SMILES string of the molecule is O=[N+]([O-])c1cc(S(=O)(=O)NCC2CCCNC2)sc1Cl. The monoisotopic (exact) mass is 339 g/mol. The van der Waals surface area contributed by atoms with Crippen molar-refractivity contribution in [1.29, 1.82) is 0 Å². The Balaban J connectivity index is 2.06. The van der Waals surface area contributed by atoms with E-state index in [2.05, 4.69) is 10.0 Å². The second-order valence-corrected chi connectivity index (χ2v) is 8.19. The van der Waals surface area contributed by atoms with Crippen molar-refractivity contribution in [2.75, 3.05) is 19.6 Å². The van der Waals surface area contributed by atoms with Crippen molar-refractivity contribution in [3.63, 3.8) is 0 Å². The predicted octanol–water partition coefficient (Wildman–Crippen LogP) is 1.59. The number of hydrogen-bond acceptors (Lipinski definition) is 6. The lowest BCUT2D eigenvalue weighted by atomic mass is 10.0. The van der Waals surface area contributed by atoms with Crippen LogP contribution in [0.4, 0.5) is 5.69 Å². The number of piperidine rings is 1. The molecule has 0 aliphatic carbocycles. The fourth-order valence-corrected chi connectivity index (χ4v) is 4.82. The van der Waals surface area contributed by atoms with Crippen LogP contribution in [0.25, 0.3) is 0 Å². The second-order valence-electron chi connectivity index (χ2n) is 4.55. The van der Waals surface area contributed by atoms with Crippen LogP contribution in [0.2, 0.25) is 4.34 Å². The zero-order chi connectivity index (χ0) is 14.8. The second kappa shape index (κ2) is 6.35. The summed E-state index contributed by atoms with van der Waals surface area (Å²) < 4.78 is 26.4. The maximum Gasteiger partial charge on any atom is 0.300 e. The van der Waals surface area contributed by atoms with Gasteiger partial charge in [0.15, 0.2) is 4.34 Å². The van der Waals surface area contributed by atoms with E-state index in [0.29, 0.717) is 17.9 Å². The molecule has 2 N–H and O–H groups in total. The molecule has 112 valence electrons. The van der Waals surface area contributed by atoms with Crippen LogP contribution in [0.5, 0.6) is 0 Å². The van der Waals surface area contributed by atoms with Gasteiger partial charge < -0.3 is 5.32 Å². The van der Waals surface area contributed by atoms with Gasteiger partial charge in [-0.25, -0.2) is 13.1 Å². The van der Waals surface area contributed by atoms with E-state index in [0.717, 1.165) is 32.0 Å². The Morgan fingerprint density at radius 2 is 2.35 bits per heavy atom. The average Bonchev–Trinajstić information content (AvgIpc) is 2.81. The van der Waals surface area contributed by atoms with Gasteiger partial charge in [-0.2, -0.15) is 0 Å². The molecular weight excluding hydrogens is 326 g/mol. The fraction of sp³-hybridized carbons (Fsp3) is 0.600. The Hall–Kier alpha value is -0.740. The first kappa shape index (κ1) is 15.6. The minimum Gasteiger partial charge on any atom is -0.316 e. The normalized spacial score (nSPS) is 19.9. The summed E-state index contributed by atoms with van der Waals surface area (Å²) in [6.45, 7) is 2.04. The van der Waals surface area contributed by atoms with E-state index in [1.807, 2.05) is 0 Å². The lowest BCUT2D eigenvalue weighted by Crippen LogP contribution is -2.37. The summed E-state index contributed by atoms with van der Waals surface area (Å²) in [6, 6.07) is 0.994. The summed E-state index contributed by atoms with van der Waals surface area (Å²) in [4.78, 5) is 9.98. The highest BCUT2D eigenvalue weighted by molar-refractivity contribution is 7.91. The van der Waals surface area contributed by atoms with Crippen LogP contribution in [0, 0.1) is 16.0 Å². The first-order chi connectivity index (χ1) is 9.40. The predicted molar refractivity (Wildman–Crippen MR) is 76.8 cm³/mol. The molecule has 1 saturated heterocycles. The number of halogens is 1. The van der Waals surface area contributed by atoms with Gasteiger partial charge in [-0.3, -0.25) is 10.1 Å². The van der Waals surface area contributed by atoms with Gasteiger partial charge in [0.05, 0.1) is 4.92 Å². The standard InChI is InChI=1S/C10H14ClN3O4S2/c11-10-8(14(15)16)4-9(19-10)20(17,18)13-6-7-2-1-3-12-5-7/h4,7,12-13H,1-3,5-6H2. The molecule has 7 nitrogen and oxygen atoms in total. The molecule has 0 aromatic carbocycles. The van der Waals surface area contributed by atoms with E-state index in [-0.39, 0.29) is 20.2 Å². The van der Waals surface area contributed by atoms with Crippen molar-refractivity contribution in [2.45, 2.75) is 17.1 Å². The Kier molecular flexibility index (Phi) is 4.97. The Bertz CT molecular complexity index is 596. The molecule has 1 aromatic heterocycles. The molecule has 2 rings (SSSR count). The molecule has 10 heteroatoms. The molecule has 0 spiro atoms. The van der Waals surface area contributed by atoms with E-state index in [1.54, 1.807) is 0 Å². The first-order valence-electron chi connectivity index (χ1n) is 6.04. The van der Waals surface area contributed by atoms with E-state index in [1.165, 1.54) is 0 Å². The maximum atomic E-state index is 12.1. The van der Waals surface area contributed by atoms with Crippen molar-refractivity contribution in [1.82, 2.24) is 10.0 Å². The highest BCUT2D eigenvalue weighted by Crippen LogP contribution is 2.36. The van der Waals surface area contributed by atoms with E-state index in [9.17, 15) is 18.5 Å². The van der Waals surface area contributed by atoms with Gasteiger partial charge >= 0.3 is 0 Å². The fourth-order valence-electron chi connectivity index (χ4n) is 1.99. The first-order valence-corrected chi connectivity index (χ1v) is 8.72. The van der Waals surface area contributed by atoms with Gasteiger partial charge in [-0.1, -0.05) is 11.6 Å². The van der Waals surface area contributed by atoms with Crippen LogP contribution in [-0.2, 0) is 10.0 Å². The molecule has 1 aliphatic heterocycles. The molecule has 1 aromatic rings. The number of nitrogens with one attached hydrogen (secondary N) is 2. The summed E-state index contributed by atoms with van der Waals surface area (Å²) >= 11 is 6.36. The van der Waals surface area contributed by atoms with Crippen LogP contribution < -0.4 is 10.0 Å². The number of thiophene rings is 1. The van der Waals surface area contributed by atoms with E-state index >= 15 is 0 Å². The average molecular weight is 340 g/mol. The molecule has 0 bridgehead atoms. The molecule has 1 aliphatic rings. The minimum atomic E-state index is -3.74. The van der Waals surface area contributed by atoms with Crippen LogP contribution in [-0.4, -0.2) is 33.0 Å². The maximum absolute atomic E-state index is 12.1. The van der Waals surface area contributed by atoms with Gasteiger partial charge in [0, 0.05) is 12.6 Å². The van der Waals surface area contributed by atoms with Gasteiger partial charge in [0.2, 0.25) is 10.0 Å². The smallest absolute Gasteiger partial charge is 0.300 e. The molecule has 0 amide bonds. The van der Waals surface area contributed by atoms with E-state index < -0.39 is 14.9 Å². The summed E-state index contributed by atoms with van der Waals surface area (Å²) in [6.07, 6.45) is 1.98. The number of nitrogens with zero attached hydrogens (tertiary/aromatic N) is 1. The van der Waals surface area contributed by atoms with Crippen LogP contribution in [0.3, 0.4) is 0 Å². The Labute approximate surface area is 125 Å². The summed E-state index contributed by atoms with van der Waals surface area (Å²) in [5.41, 5.74) is -0.378. The Morgan fingerprint density at radius 1 is 1.60 bits per heavy atom. The van der Waals surface area contributed by atoms with Crippen molar-refractivity contribution < 1.29 is 13.3 Å². The molecule has 1 atom stereocenters. The highest BCUT2D eigenvalue weighted by atomic mass is 35.5. The molecule has 2 heterocycles. The zero-order valence-corrected chi connectivity index (χ0v) is 12.9. The van der Waals surface area contributed by atoms with Crippen molar-refractivity contribution in [2.24, 2.45) is 5.92 Å². The van der Waals surface area contributed by atoms with Crippen molar-refractivity contribution >= 4 is 38.6 Å². The highest BCUT2D eigenvalue weighted by Gasteiger charge is 2.26. The minimum absolute atomic E-state index is 0.127. The molecule has 0 radical (unpaired) electrons. The van der Waals surface area contributed by atoms with Gasteiger partial charge in [0.1, 0.15) is 4.21 Å². The molecule has 20 heavy (non-hydrogen) atoms. The molecule has 1 unspecified atom stereocenters. The third kappa shape index (κ3) is 3.67. The van der Waals surface area contributed by atoms with Gasteiger partial charge in [-0.05, 0) is 31.8 Å². The largest absolute Gasteiger partial charge is 0.316 e. The van der Waals surface area contributed by atoms with Crippen LogP contribution in [0.1, 0.15) is 12.8 Å².